The van der Waals surface area contributed by atoms with Crippen molar-refractivity contribution in [2.75, 3.05) is 40.3 Å². The van der Waals surface area contributed by atoms with E-state index < -0.39 is 10.0 Å². The van der Waals surface area contributed by atoms with Crippen LogP contribution in [0.4, 0.5) is 0 Å². The Balaban J connectivity index is 2.03. The van der Waals surface area contributed by atoms with Gasteiger partial charge in [0.05, 0.1) is 15.9 Å². The Labute approximate surface area is 167 Å². The fourth-order valence-electron chi connectivity index (χ4n) is 3.03. The number of amides is 1. The number of sulfonamides is 1. The maximum absolute atomic E-state index is 12.3. The van der Waals surface area contributed by atoms with Gasteiger partial charge in [-0.05, 0) is 31.3 Å². The van der Waals surface area contributed by atoms with Gasteiger partial charge in [0.15, 0.2) is 0 Å². The van der Waals surface area contributed by atoms with Crippen LogP contribution in [0.25, 0.3) is 11.0 Å². The Hall–Kier alpha value is -1.97. The topological polar surface area (TPSA) is 87.5 Å². The van der Waals surface area contributed by atoms with Gasteiger partial charge in [0.1, 0.15) is 5.82 Å². The van der Waals surface area contributed by atoms with E-state index in [1.54, 1.807) is 18.2 Å². The van der Waals surface area contributed by atoms with E-state index in [2.05, 4.69) is 29.0 Å². The van der Waals surface area contributed by atoms with E-state index in [1.165, 1.54) is 18.4 Å². The normalized spacial score (nSPS) is 12.2. The molecule has 0 atom stereocenters. The summed E-state index contributed by atoms with van der Waals surface area (Å²) in [5.74, 6) is 0.753. The molecule has 0 bridgehead atoms. The lowest BCUT2D eigenvalue weighted by atomic mass is 10.3. The van der Waals surface area contributed by atoms with Crippen LogP contribution in [0.3, 0.4) is 0 Å². The molecule has 0 saturated heterocycles. The van der Waals surface area contributed by atoms with Crippen LogP contribution < -0.4 is 5.32 Å². The molecule has 8 nitrogen and oxygen atoms in total. The summed E-state index contributed by atoms with van der Waals surface area (Å²) >= 11 is 0. The Kier molecular flexibility index (Phi) is 7.56. The summed E-state index contributed by atoms with van der Waals surface area (Å²) < 4.78 is 27.7. The zero-order chi connectivity index (χ0) is 20.9. The zero-order valence-corrected chi connectivity index (χ0v) is 18.2. The number of aryl methyl sites for hydroxylation is 2. The third kappa shape index (κ3) is 5.09. The lowest BCUT2D eigenvalue weighted by Crippen LogP contribution is -2.34. The van der Waals surface area contributed by atoms with Crippen molar-refractivity contribution in [1.82, 2.24) is 24.1 Å². The van der Waals surface area contributed by atoms with Crippen molar-refractivity contribution in [3.63, 3.8) is 0 Å². The van der Waals surface area contributed by atoms with Crippen LogP contribution in [0.1, 0.15) is 26.1 Å². The molecule has 2 rings (SSSR count). The molecule has 0 unspecified atom stereocenters. The van der Waals surface area contributed by atoms with Gasteiger partial charge in [-0.3, -0.25) is 4.79 Å². The number of benzene rings is 1. The van der Waals surface area contributed by atoms with E-state index in [9.17, 15) is 13.2 Å². The summed E-state index contributed by atoms with van der Waals surface area (Å²) in [6.45, 7) is 7.62. The molecule has 0 saturated carbocycles. The van der Waals surface area contributed by atoms with Crippen LogP contribution in [0.15, 0.2) is 23.1 Å². The number of fused-ring (bicyclic) bond motifs is 1. The standard InChI is InChI=1S/C19H31N5O3S/c1-6-24(7-2)13-12-20-19(25)11-10-18-21-16-14-15(28(26,27)22(3)4)8-9-17(16)23(18)5/h8-9,14H,6-7,10-13H2,1-5H3,(H,20,25). The lowest BCUT2D eigenvalue weighted by Gasteiger charge is -2.17. The molecule has 1 aromatic carbocycles. The van der Waals surface area contributed by atoms with Crippen LogP contribution >= 0.6 is 0 Å². The van der Waals surface area contributed by atoms with Crippen molar-refractivity contribution < 1.29 is 13.2 Å². The second-order valence-electron chi connectivity index (χ2n) is 6.90. The number of imidazole rings is 1. The summed E-state index contributed by atoms with van der Waals surface area (Å²) in [6, 6.07) is 4.92. The summed E-state index contributed by atoms with van der Waals surface area (Å²) in [5.41, 5.74) is 1.46. The molecule has 0 radical (unpaired) electrons. The van der Waals surface area contributed by atoms with E-state index in [1.807, 2.05) is 11.6 Å². The fraction of sp³-hybridized carbons (Fsp3) is 0.579. The molecule has 0 fully saturated rings. The zero-order valence-electron chi connectivity index (χ0n) is 17.4. The van der Waals surface area contributed by atoms with E-state index in [-0.39, 0.29) is 10.8 Å². The van der Waals surface area contributed by atoms with Gasteiger partial charge in [-0.1, -0.05) is 13.8 Å². The second-order valence-corrected chi connectivity index (χ2v) is 9.05. The molecule has 1 amide bonds. The Morgan fingerprint density at radius 2 is 1.89 bits per heavy atom. The molecule has 156 valence electrons. The number of nitrogens with zero attached hydrogens (tertiary/aromatic N) is 4. The predicted octanol–water partition coefficient (Wildman–Crippen LogP) is 1.21. The highest BCUT2D eigenvalue weighted by molar-refractivity contribution is 7.89. The van der Waals surface area contributed by atoms with Crippen molar-refractivity contribution in [2.24, 2.45) is 7.05 Å². The van der Waals surface area contributed by atoms with Crippen LogP contribution in [0, 0.1) is 0 Å². The molecular formula is C19H31N5O3S. The van der Waals surface area contributed by atoms with Crippen LogP contribution in [-0.2, 0) is 28.3 Å². The highest BCUT2D eigenvalue weighted by Gasteiger charge is 2.19. The van der Waals surface area contributed by atoms with Crippen LogP contribution in [0.5, 0.6) is 0 Å². The van der Waals surface area contributed by atoms with Gasteiger partial charge in [0.2, 0.25) is 15.9 Å². The first-order chi connectivity index (χ1) is 13.2. The fourth-order valence-corrected chi connectivity index (χ4v) is 3.95. The van der Waals surface area contributed by atoms with E-state index in [4.69, 9.17) is 0 Å². The molecule has 1 heterocycles. The lowest BCUT2D eigenvalue weighted by molar-refractivity contribution is -0.121. The number of aromatic nitrogens is 2. The van der Waals surface area contributed by atoms with Crippen molar-refractivity contribution in [3.8, 4) is 0 Å². The molecule has 1 N–H and O–H groups in total. The summed E-state index contributed by atoms with van der Waals surface area (Å²) in [7, 11) is 1.38. The number of carbonyl (C=O) groups is 1. The number of carbonyl (C=O) groups excluding carboxylic acids is 1. The van der Waals surface area contributed by atoms with E-state index in [0.29, 0.717) is 24.9 Å². The molecule has 0 spiro atoms. The van der Waals surface area contributed by atoms with Crippen molar-refractivity contribution in [3.05, 3.63) is 24.0 Å². The average Bonchev–Trinajstić information content (AvgIpc) is 2.98. The molecular weight excluding hydrogens is 378 g/mol. The van der Waals surface area contributed by atoms with Gasteiger partial charge in [-0.15, -0.1) is 0 Å². The van der Waals surface area contributed by atoms with Gasteiger partial charge >= 0.3 is 0 Å². The smallest absolute Gasteiger partial charge is 0.242 e. The first-order valence-electron chi connectivity index (χ1n) is 9.57. The maximum Gasteiger partial charge on any atom is 0.242 e. The van der Waals surface area contributed by atoms with Gasteiger partial charge in [0, 0.05) is 47.1 Å². The molecule has 9 heteroatoms. The number of nitrogens with one attached hydrogen (secondary N) is 1. The number of hydrogen-bond acceptors (Lipinski definition) is 5. The van der Waals surface area contributed by atoms with E-state index in [0.717, 1.165) is 31.0 Å². The Morgan fingerprint density at radius 3 is 2.50 bits per heavy atom. The summed E-state index contributed by atoms with van der Waals surface area (Å²) in [4.78, 5) is 19.1. The predicted molar refractivity (Wildman–Crippen MR) is 111 cm³/mol. The average molecular weight is 410 g/mol. The molecule has 0 aliphatic heterocycles. The maximum atomic E-state index is 12.3. The highest BCUT2D eigenvalue weighted by Crippen LogP contribution is 2.21. The number of likely N-dealkylation sites (N-methyl/N-ethyl adjacent to an activating group) is 1. The third-order valence-electron chi connectivity index (χ3n) is 4.94. The third-order valence-corrected chi connectivity index (χ3v) is 6.75. The monoisotopic (exact) mass is 409 g/mol. The Bertz CT molecular complexity index is 917. The molecule has 0 aliphatic carbocycles. The van der Waals surface area contributed by atoms with Gasteiger partial charge < -0.3 is 14.8 Å². The van der Waals surface area contributed by atoms with Crippen LogP contribution in [-0.4, -0.2) is 73.4 Å². The van der Waals surface area contributed by atoms with Crippen molar-refractivity contribution in [2.45, 2.75) is 31.6 Å². The molecule has 1 aromatic heterocycles. The first-order valence-corrected chi connectivity index (χ1v) is 11.0. The van der Waals surface area contributed by atoms with Gasteiger partial charge in [-0.25, -0.2) is 17.7 Å². The number of hydrogen-bond donors (Lipinski definition) is 1. The quantitative estimate of drug-likeness (QED) is 0.637. The van der Waals surface area contributed by atoms with Crippen LogP contribution in [0.2, 0.25) is 0 Å². The minimum absolute atomic E-state index is 0.00455. The summed E-state index contributed by atoms with van der Waals surface area (Å²) in [5, 5.41) is 2.94. The second kappa shape index (κ2) is 9.49. The van der Waals surface area contributed by atoms with E-state index >= 15 is 0 Å². The van der Waals surface area contributed by atoms with Gasteiger partial charge in [-0.2, -0.15) is 0 Å². The minimum Gasteiger partial charge on any atom is -0.355 e. The summed E-state index contributed by atoms with van der Waals surface area (Å²) in [6.07, 6.45) is 0.844. The number of rotatable bonds is 10. The highest BCUT2D eigenvalue weighted by atomic mass is 32.2. The largest absolute Gasteiger partial charge is 0.355 e. The van der Waals surface area contributed by atoms with Gasteiger partial charge in [0.25, 0.3) is 0 Å². The van der Waals surface area contributed by atoms with Crippen molar-refractivity contribution >= 4 is 27.0 Å². The minimum atomic E-state index is -3.50. The SMILES string of the molecule is CCN(CC)CCNC(=O)CCc1nc2cc(S(=O)(=O)N(C)C)ccc2n1C. The molecule has 2 aromatic rings. The molecule has 0 aliphatic rings. The molecule has 28 heavy (non-hydrogen) atoms. The first kappa shape index (κ1) is 22.3. The van der Waals surface area contributed by atoms with Crippen molar-refractivity contribution in [1.29, 1.82) is 0 Å². The Morgan fingerprint density at radius 1 is 1.21 bits per heavy atom.